The van der Waals surface area contributed by atoms with E-state index in [0.29, 0.717) is 17.4 Å². The number of nitrogens with one attached hydrogen (secondary N) is 1. The molecule has 1 nitrogen and oxygen atoms in total. The van der Waals surface area contributed by atoms with Gasteiger partial charge in [-0.05, 0) is 47.3 Å². The van der Waals surface area contributed by atoms with Crippen molar-refractivity contribution in [3.63, 3.8) is 0 Å². The first-order valence-corrected chi connectivity index (χ1v) is 8.10. The Morgan fingerprint density at radius 2 is 1.71 bits per heavy atom. The minimum Gasteiger partial charge on any atom is -0.306 e. The fraction of sp³-hybridized carbons (Fsp3) is 0.684. The summed E-state index contributed by atoms with van der Waals surface area (Å²) in [6.07, 6.45) is 2.48. The summed E-state index contributed by atoms with van der Waals surface area (Å²) in [7, 11) is 0. The summed E-state index contributed by atoms with van der Waals surface area (Å²) < 4.78 is 13.2. The van der Waals surface area contributed by atoms with Gasteiger partial charge in [-0.3, -0.25) is 0 Å². The first-order valence-electron chi connectivity index (χ1n) is 8.10. The SMILES string of the molecule is CC1CC(C)(C)CC1NC(c1ccc(F)cc1)C(C)(C)C. The van der Waals surface area contributed by atoms with Crippen molar-refractivity contribution in [1.82, 2.24) is 5.32 Å². The van der Waals surface area contributed by atoms with Gasteiger partial charge in [-0.25, -0.2) is 4.39 Å². The van der Waals surface area contributed by atoms with Crippen molar-refractivity contribution in [3.8, 4) is 0 Å². The van der Waals surface area contributed by atoms with Crippen LogP contribution in [0.1, 0.15) is 66.0 Å². The van der Waals surface area contributed by atoms with E-state index in [9.17, 15) is 4.39 Å². The lowest BCUT2D eigenvalue weighted by Gasteiger charge is -2.36. The Kier molecular flexibility index (Phi) is 4.49. The Balaban J connectivity index is 2.20. The van der Waals surface area contributed by atoms with E-state index < -0.39 is 0 Å². The maximum absolute atomic E-state index is 13.2. The molecule has 0 saturated heterocycles. The van der Waals surface area contributed by atoms with Gasteiger partial charge in [0.15, 0.2) is 0 Å². The third-order valence-electron chi connectivity index (χ3n) is 4.78. The van der Waals surface area contributed by atoms with Crippen LogP contribution in [0.5, 0.6) is 0 Å². The summed E-state index contributed by atoms with van der Waals surface area (Å²) >= 11 is 0. The fourth-order valence-corrected chi connectivity index (χ4v) is 3.83. The molecule has 21 heavy (non-hydrogen) atoms. The molecule has 118 valence electrons. The largest absolute Gasteiger partial charge is 0.306 e. The second kappa shape index (κ2) is 5.72. The molecule has 0 spiro atoms. The van der Waals surface area contributed by atoms with Crippen molar-refractivity contribution >= 4 is 0 Å². The molecule has 1 aromatic rings. The van der Waals surface area contributed by atoms with E-state index in [2.05, 4.69) is 46.9 Å². The van der Waals surface area contributed by atoms with Crippen LogP contribution in [-0.4, -0.2) is 6.04 Å². The minimum atomic E-state index is -0.165. The molecule has 1 aromatic carbocycles. The molecule has 0 aromatic heterocycles. The number of hydrogen-bond donors (Lipinski definition) is 1. The lowest BCUT2D eigenvalue weighted by Crippen LogP contribution is -2.40. The highest BCUT2D eigenvalue weighted by molar-refractivity contribution is 5.22. The Bertz CT molecular complexity index is 469. The van der Waals surface area contributed by atoms with Crippen LogP contribution in [0, 0.1) is 22.6 Å². The van der Waals surface area contributed by atoms with Crippen molar-refractivity contribution in [1.29, 1.82) is 0 Å². The maximum atomic E-state index is 13.2. The van der Waals surface area contributed by atoms with E-state index in [1.165, 1.54) is 18.4 Å². The van der Waals surface area contributed by atoms with Crippen LogP contribution in [0.25, 0.3) is 0 Å². The number of benzene rings is 1. The molecule has 3 unspecified atom stereocenters. The molecule has 1 aliphatic rings. The van der Waals surface area contributed by atoms with E-state index in [-0.39, 0.29) is 17.3 Å². The van der Waals surface area contributed by atoms with Gasteiger partial charge in [-0.1, -0.05) is 53.7 Å². The predicted octanol–water partition coefficient (Wildman–Crippen LogP) is 5.33. The van der Waals surface area contributed by atoms with Crippen molar-refractivity contribution in [2.45, 2.75) is 66.5 Å². The molecule has 2 rings (SSSR count). The molecular weight excluding hydrogens is 261 g/mol. The lowest BCUT2D eigenvalue weighted by atomic mass is 9.81. The average Bonchev–Trinajstić information content (AvgIpc) is 2.59. The first kappa shape index (κ1) is 16.5. The Morgan fingerprint density at radius 3 is 2.14 bits per heavy atom. The van der Waals surface area contributed by atoms with Gasteiger partial charge in [0.05, 0.1) is 0 Å². The van der Waals surface area contributed by atoms with E-state index in [4.69, 9.17) is 0 Å². The van der Waals surface area contributed by atoms with Crippen molar-refractivity contribution in [2.24, 2.45) is 16.7 Å². The Morgan fingerprint density at radius 1 is 1.14 bits per heavy atom. The predicted molar refractivity (Wildman–Crippen MR) is 87.7 cm³/mol. The highest BCUT2D eigenvalue weighted by atomic mass is 19.1. The molecule has 1 N–H and O–H groups in total. The second-order valence-electron chi connectivity index (χ2n) is 8.67. The quantitative estimate of drug-likeness (QED) is 0.794. The summed E-state index contributed by atoms with van der Waals surface area (Å²) in [6, 6.07) is 7.76. The van der Waals surface area contributed by atoms with Gasteiger partial charge in [-0.2, -0.15) is 0 Å². The van der Waals surface area contributed by atoms with Crippen molar-refractivity contribution in [3.05, 3.63) is 35.6 Å². The molecule has 3 atom stereocenters. The zero-order valence-electron chi connectivity index (χ0n) is 14.3. The minimum absolute atomic E-state index is 0.101. The highest BCUT2D eigenvalue weighted by Crippen LogP contribution is 2.43. The smallest absolute Gasteiger partial charge is 0.123 e. The summed E-state index contributed by atoms with van der Waals surface area (Å²) in [5.74, 6) is 0.520. The number of halogens is 1. The average molecular weight is 291 g/mol. The molecule has 1 aliphatic carbocycles. The molecule has 1 fully saturated rings. The third kappa shape index (κ3) is 4.06. The molecule has 0 bridgehead atoms. The summed E-state index contributed by atoms with van der Waals surface area (Å²) in [5, 5.41) is 3.87. The molecule has 0 heterocycles. The normalized spacial score (nSPS) is 26.8. The second-order valence-corrected chi connectivity index (χ2v) is 8.67. The van der Waals surface area contributed by atoms with Crippen LogP contribution in [0.2, 0.25) is 0 Å². The first-order chi connectivity index (χ1) is 9.58. The molecule has 0 amide bonds. The van der Waals surface area contributed by atoms with Crippen LogP contribution in [0.15, 0.2) is 24.3 Å². The summed E-state index contributed by atoms with van der Waals surface area (Å²) in [4.78, 5) is 0. The van der Waals surface area contributed by atoms with Gasteiger partial charge < -0.3 is 5.32 Å². The topological polar surface area (TPSA) is 12.0 Å². The maximum Gasteiger partial charge on any atom is 0.123 e. The van der Waals surface area contributed by atoms with Crippen LogP contribution >= 0.6 is 0 Å². The standard InChI is InChI=1S/C19H30FN/c1-13-11-19(5,6)12-16(13)21-17(18(2,3)4)14-7-9-15(20)10-8-14/h7-10,13,16-17,21H,11-12H2,1-6H3. The van der Waals surface area contributed by atoms with Gasteiger partial charge in [0.25, 0.3) is 0 Å². The van der Waals surface area contributed by atoms with E-state index >= 15 is 0 Å². The molecule has 1 saturated carbocycles. The third-order valence-corrected chi connectivity index (χ3v) is 4.78. The van der Waals surface area contributed by atoms with Crippen LogP contribution in [-0.2, 0) is 0 Å². The summed E-state index contributed by atoms with van der Waals surface area (Å²) in [5.41, 5.74) is 1.70. The zero-order valence-corrected chi connectivity index (χ0v) is 14.3. The van der Waals surface area contributed by atoms with Gasteiger partial charge in [0, 0.05) is 12.1 Å². The van der Waals surface area contributed by atoms with Crippen LogP contribution in [0.4, 0.5) is 4.39 Å². The van der Waals surface area contributed by atoms with Crippen molar-refractivity contribution < 1.29 is 4.39 Å². The lowest BCUT2D eigenvalue weighted by molar-refractivity contribution is 0.231. The molecule has 0 radical (unpaired) electrons. The molecule has 0 aliphatic heterocycles. The van der Waals surface area contributed by atoms with Gasteiger partial charge in [-0.15, -0.1) is 0 Å². The summed E-state index contributed by atoms with van der Waals surface area (Å²) in [6.45, 7) is 13.8. The fourth-order valence-electron chi connectivity index (χ4n) is 3.83. The monoisotopic (exact) mass is 291 g/mol. The number of rotatable bonds is 3. The molecular formula is C19H30FN. The van der Waals surface area contributed by atoms with E-state index in [0.717, 1.165) is 0 Å². The van der Waals surface area contributed by atoms with E-state index in [1.807, 2.05) is 12.1 Å². The Hall–Kier alpha value is -0.890. The highest BCUT2D eigenvalue weighted by Gasteiger charge is 2.39. The van der Waals surface area contributed by atoms with Crippen LogP contribution in [0.3, 0.4) is 0 Å². The zero-order chi connectivity index (χ0) is 15.8. The van der Waals surface area contributed by atoms with E-state index in [1.54, 1.807) is 12.1 Å². The van der Waals surface area contributed by atoms with Gasteiger partial charge in [0.2, 0.25) is 0 Å². The Labute approximate surface area is 129 Å². The molecule has 2 heteroatoms. The van der Waals surface area contributed by atoms with Crippen molar-refractivity contribution in [2.75, 3.05) is 0 Å². The van der Waals surface area contributed by atoms with Gasteiger partial charge >= 0.3 is 0 Å². The van der Waals surface area contributed by atoms with Gasteiger partial charge in [0.1, 0.15) is 5.82 Å². The van der Waals surface area contributed by atoms with Crippen LogP contribution < -0.4 is 5.32 Å². The number of hydrogen-bond acceptors (Lipinski definition) is 1.